The number of amides is 3. The number of rotatable bonds is 8. The number of carbonyl (C=O) groups is 3. The van der Waals surface area contributed by atoms with E-state index in [0.717, 1.165) is 22.2 Å². The summed E-state index contributed by atoms with van der Waals surface area (Å²) in [5, 5.41) is 1.60. The molecule has 0 radical (unpaired) electrons. The first kappa shape index (κ1) is 28.2. The van der Waals surface area contributed by atoms with Crippen molar-refractivity contribution in [1.29, 1.82) is 0 Å². The van der Waals surface area contributed by atoms with Gasteiger partial charge in [-0.25, -0.2) is 0 Å². The molecule has 0 unspecified atom stereocenters. The Morgan fingerprint density at radius 1 is 1.05 bits per heavy atom. The van der Waals surface area contributed by atoms with Gasteiger partial charge in [-0.2, -0.15) is 13.2 Å². The van der Waals surface area contributed by atoms with Gasteiger partial charge in [-0.15, -0.1) is 0 Å². The van der Waals surface area contributed by atoms with Crippen molar-refractivity contribution >= 4 is 56.5 Å². The van der Waals surface area contributed by atoms with Crippen LogP contribution >= 0.6 is 27.7 Å². The Bertz CT molecular complexity index is 1450. The number of alkyl halides is 3. The highest BCUT2D eigenvalue weighted by Gasteiger charge is 2.37. The van der Waals surface area contributed by atoms with Gasteiger partial charge in [0, 0.05) is 10.0 Å². The van der Waals surface area contributed by atoms with Crippen LogP contribution in [0.5, 0.6) is 11.5 Å². The van der Waals surface area contributed by atoms with Crippen LogP contribution in [-0.2, 0) is 22.4 Å². The van der Waals surface area contributed by atoms with Crippen LogP contribution < -0.4 is 14.8 Å². The first-order chi connectivity index (χ1) is 18.5. The summed E-state index contributed by atoms with van der Waals surface area (Å²) in [5.74, 6) is -1.12. The number of carbonyl (C=O) groups excluding carboxylic acids is 3. The van der Waals surface area contributed by atoms with Crippen molar-refractivity contribution in [3.8, 4) is 11.5 Å². The highest BCUT2D eigenvalue weighted by Crippen LogP contribution is 2.37. The van der Waals surface area contributed by atoms with Gasteiger partial charge in [0.05, 0.1) is 23.3 Å². The molecule has 1 heterocycles. The van der Waals surface area contributed by atoms with Crippen LogP contribution in [0.3, 0.4) is 0 Å². The summed E-state index contributed by atoms with van der Waals surface area (Å²) in [6.45, 7) is -0.415. The van der Waals surface area contributed by atoms with Crippen molar-refractivity contribution in [3.63, 3.8) is 0 Å². The largest absolute Gasteiger partial charge is 0.495 e. The first-order valence-electron chi connectivity index (χ1n) is 11.3. The molecule has 1 N–H and O–H groups in total. The summed E-state index contributed by atoms with van der Waals surface area (Å²) in [6.07, 6.45) is -3.15. The smallest absolute Gasteiger partial charge is 0.416 e. The summed E-state index contributed by atoms with van der Waals surface area (Å²) in [7, 11) is 1.24. The Morgan fingerprint density at radius 3 is 2.46 bits per heavy atom. The number of nitrogens with zero attached hydrogens (tertiary/aromatic N) is 1. The summed E-state index contributed by atoms with van der Waals surface area (Å²) in [4.78, 5) is 39.0. The van der Waals surface area contributed by atoms with E-state index in [4.69, 9.17) is 9.47 Å². The summed E-state index contributed by atoms with van der Waals surface area (Å²) in [5.41, 5.74) is 0.236. The number of anilines is 1. The lowest BCUT2D eigenvalue weighted by Crippen LogP contribution is -2.36. The van der Waals surface area contributed by atoms with Gasteiger partial charge in [-0.3, -0.25) is 19.3 Å². The first-order valence-corrected chi connectivity index (χ1v) is 12.9. The highest BCUT2D eigenvalue weighted by molar-refractivity contribution is 9.10. The number of hydrogen-bond acceptors (Lipinski definition) is 6. The third-order valence-electron chi connectivity index (χ3n) is 5.47. The fourth-order valence-electron chi connectivity index (χ4n) is 3.59. The SMILES string of the molecule is COc1ccc(C(F)(F)F)cc1NC(=O)CN1C(=O)S/C(=C\c2cc(Br)ccc2OCc2ccccc2)C1=O. The highest BCUT2D eigenvalue weighted by atomic mass is 79.9. The predicted molar refractivity (Wildman–Crippen MR) is 144 cm³/mol. The van der Waals surface area contributed by atoms with Crippen molar-refractivity contribution in [3.05, 3.63) is 92.8 Å². The minimum Gasteiger partial charge on any atom is -0.495 e. The quantitative estimate of drug-likeness (QED) is 0.281. The molecular formula is C27H20BrF3N2O5S. The molecule has 4 rings (SSSR count). The summed E-state index contributed by atoms with van der Waals surface area (Å²) >= 11 is 4.03. The Labute approximate surface area is 234 Å². The van der Waals surface area contributed by atoms with E-state index in [-0.39, 0.29) is 22.9 Å². The van der Waals surface area contributed by atoms with Crippen molar-refractivity contribution in [1.82, 2.24) is 4.90 Å². The molecule has 1 aliphatic heterocycles. The van der Waals surface area contributed by atoms with Gasteiger partial charge in [0.15, 0.2) is 0 Å². The fraction of sp³-hybridized carbons (Fsp3) is 0.148. The average Bonchev–Trinajstić information content (AvgIpc) is 3.15. The van der Waals surface area contributed by atoms with Crippen molar-refractivity contribution in [2.45, 2.75) is 12.8 Å². The summed E-state index contributed by atoms with van der Waals surface area (Å²) < 4.78 is 51.0. The van der Waals surface area contributed by atoms with Gasteiger partial charge in [-0.05, 0) is 59.8 Å². The lowest BCUT2D eigenvalue weighted by Gasteiger charge is -2.16. The maximum absolute atomic E-state index is 13.1. The molecule has 0 aromatic heterocycles. The van der Waals surface area contributed by atoms with E-state index in [9.17, 15) is 27.6 Å². The van der Waals surface area contributed by atoms with Gasteiger partial charge in [-0.1, -0.05) is 46.3 Å². The third-order valence-corrected chi connectivity index (χ3v) is 6.87. The number of thioether (sulfide) groups is 1. The Morgan fingerprint density at radius 2 is 1.77 bits per heavy atom. The van der Waals surface area contributed by atoms with Gasteiger partial charge >= 0.3 is 6.18 Å². The van der Waals surface area contributed by atoms with E-state index in [1.54, 1.807) is 18.2 Å². The van der Waals surface area contributed by atoms with Crippen molar-refractivity contribution in [2.24, 2.45) is 0 Å². The molecule has 12 heteroatoms. The lowest BCUT2D eigenvalue weighted by molar-refractivity contribution is -0.137. The topological polar surface area (TPSA) is 84.9 Å². The minimum atomic E-state index is -4.64. The Balaban J connectivity index is 1.49. The molecule has 202 valence electrons. The predicted octanol–water partition coefficient (Wildman–Crippen LogP) is 6.73. The number of imide groups is 1. The molecule has 1 fully saturated rings. The zero-order valence-electron chi connectivity index (χ0n) is 20.3. The number of hydrogen-bond donors (Lipinski definition) is 1. The zero-order valence-corrected chi connectivity index (χ0v) is 22.7. The molecule has 0 bridgehead atoms. The van der Waals surface area contributed by atoms with Crippen LogP contribution in [0.15, 0.2) is 76.1 Å². The van der Waals surface area contributed by atoms with Crippen LogP contribution in [0.1, 0.15) is 16.7 Å². The minimum absolute atomic E-state index is 0.0110. The summed E-state index contributed by atoms with van der Waals surface area (Å²) in [6, 6.07) is 17.3. The molecule has 0 atom stereocenters. The lowest BCUT2D eigenvalue weighted by atomic mass is 10.1. The van der Waals surface area contributed by atoms with Crippen LogP contribution in [-0.4, -0.2) is 35.6 Å². The Kier molecular flexibility index (Phi) is 8.66. The standard InChI is InChI=1S/C27H20BrF3N2O5S/c1-37-22-9-7-18(27(29,30)31)13-20(22)32-24(34)14-33-25(35)23(39-26(33)36)12-17-11-19(28)8-10-21(17)38-15-16-5-3-2-4-6-16/h2-13H,14-15H2,1H3,(H,32,34)/b23-12-. The fourth-order valence-corrected chi connectivity index (χ4v) is 4.80. The van der Waals surface area contributed by atoms with E-state index in [0.29, 0.717) is 34.0 Å². The Hall–Kier alpha value is -3.77. The van der Waals surface area contributed by atoms with Crippen LogP contribution in [0, 0.1) is 0 Å². The molecule has 3 aromatic rings. The van der Waals surface area contributed by atoms with Gasteiger partial charge in [0.1, 0.15) is 24.7 Å². The third kappa shape index (κ3) is 7.01. The molecule has 0 saturated carbocycles. The molecule has 0 aliphatic carbocycles. The molecule has 39 heavy (non-hydrogen) atoms. The van der Waals surface area contributed by atoms with E-state index in [1.165, 1.54) is 13.2 Å². The second-order valence-corrected chi connectivity index (χ2v) is 10.1. The molecular weight excluding hydrogens is 601 g/mol. The number of ether oxygens (including phenoxy) is 2. The monoisotopic (exact) mass is 620 g/mol. The normalized spacial score (nSPS) is 14.6. The average molecular weight is 621 g/mol. The van der Waals surface area contributed by atoms with Crippen molar-refractivity contribution < 1.29 is 37.0 Å². The second kappa shape index (κ2) is 12.0. The molecule has 3 aromatic carbocycles. The second-order valence-electron chi connectivity index (χ2n) is 8.19. The molecule has 1 aliphatic rings. The van der Waals surface area contributed by atoms with Crippen LogP contribution in [0.25, 0.3) is 6.08 Å². The van der Waals surface area contributed by atoms with E-state index < -0.39 is 35.3 Å². The van der Waals surface area contributed by atoms with Gasteiger partial charge < -0.3 is 14.8 Å². The van der Waals surface area contributed by atoms with Crippen molar-refractivity contribution in [2.75, 3.05) is 19.0 Å². The zero-order chi connectivity index (χ0) is 28.2. The van der Waals surface area contributed by atoms with Crippen LogP contribution in [0.4, 0.5) is 23.7 Å². The van der Waals surface area contributed by atoms with E-state index >= 15 is 0 Å². The maximum atomic E-state index is 13.1. The molecule has 1 saturated heterocycles. The molecule has 3 amide bonds. The van der Waals surface area contributed by atoms with Gasteiger partial charge in [0.25, 0.3) is 11.1 Å². The van der Waals surface area contributed by atoms with E-state index in [2.05, 4.69) is 21.2 Å². The van der Waals surface area contributed by atoms with E-state index in [1.807, 2.05) is 30.3 Å². The maximum Gasteiger partial charge on any atom is 0.416 e. The molecule has 0 spiro atoms. The van der Waals surface area contributed by atoms with Crippen LogP contribution in [0.2, 0.25) is 0 Å². The number of methoxy groups -OCH3 is 1. The number of benzene rings is 3. The number of halogens is 4. The number of nitrogens with one attached hydrogen (secondary N) is 1. The molecule has 7 nitrogen and oxygen atoms in total. The van der Waals surface area contributed by atoms with Gasteiger partial charge in [0.2, 0.25) is 5.91 Å².